The number of rotatable bonds is 4. The fourth-order valence-corrected chi connectivity index (χ4v) is 2.13. The van der Waals surface area contributed by atoms with E-state index < -0.39 is 0 Å². The van der Waals surface area contributed by atoms with E-state index in [-0.39, 0.29) is 11.3 Å². The molecule has 0 spiro atoms. The molecule has 1 rings (SSSR count). The maximum Gasteiger partial charge on any atom is 0.226 e. The first kappa shape index (κ1) is 13.1. The number of piperidine rings is 1. The van der Waals surface area contributed by atoms with Crippen molar-refractivity contribution in [3.63, 3.8) is 0 Å². The summed E-state index contributed by atoms with van der Waals surface area (Å²) in [4.78, 5) is 12.0. The minimum Gasteiger partial charge on any atom is -0.355 e. The van der Waals surface area contributed by atoms with E-state index in [1.165, 1.54) is 0 Å². The van der Waals surface area contributed by atoms with Crippen LogP contribution in [0.2, 0.25) is 0 Å². The molecule has 1 fully saturated rings. The van der Waals surface area contributed by atoms with E-state index in [0.717, 1.165) is 25.9 Å². The number of carbonyl (C=O) groups is 1. The van der Waals surface area contributed by atoms with Crippen LogP contribution in [0.25, 0.3) is 0 Å². The fraction of sp³-hybridized carbons (Fsp3) is 0.769. The van der Waals surface area contributed by atoms with Crippen LogP contribution in [0.5, 0.6) is 0 Å². The highest BCUT2D eigenvalue weighted by Crippen LogP contribution is 2.31. The number of carbonyl (C=O) groups excluding carboxylic acids is 1. The van der Waals surface area contributed by atoms with Crippen LogP contribution in [0.1, 0.15) is 33.1 Å². The Labute approximate surface area is 98.4 Å². The smallest absolute Gasteiger partial charge is 0.226 e. The van der Waals surface area contributed by atoms with Gasteiger partial charge in [-0.1, -0.05) is 13.8 Å². The van der Waals surface area contributed by atoms with E-state index in [1.54, 1.807) is 0 Å². The Hall–Kier alpha value is -1.01. The normalized spacial score (nSPS) is 21.2. The van der Waals surface area contributed by atoms with E-state index in [4.69, 9.17) is 6.42 Å². The van der Waals surface area contributed by atoms with E-state index in [9.17, 15) is 4.79 Å². The Kier molecular flexibility index (Phi) is 4.82. The van der Waals surface area contributed by atoms with E-state index >= 15 is 0 Å². The van der Waals surface area contributed by atoms with Crippen molar-refractivity contribution < 1.29 is 4.79 Å². The van der Waals surface area contributed by atoms with Crippen molar-refractivity contribution in [1.29, 1.82) is 0 Å². The molecule has 1 heterocycles. The molecule has 1 aliphatic heterocycles. The van der Waals surface area contributed by atoms with Crippen LogP contribution in [0.3, 0.4) is 0 Å². The van der Waals surface area contributed by atoms with Crippen molar-refractivity contribution in [3.05, 3.63) is 0 Å². The van der Waals surface area contributed by atoms with Crippen molar-refractivity contribution in [2.75, 3.05) is 19.6 Å². The lowest BCUT2D eigenvalue weighted by Gasteiger charge is -2.36. The van der Waals surface area contributed by atoms with Crippen LogP contribution in [-0.2, 0) is 4.79 Å². The predicted octanol–water partition coefficient (Wildman–Crippen LogP) is 1.15. The van der Waals surface area contributed by atoms with Gasteiger partial charge in [-0.05, 0) is 31.8 Å². The lowest BCUT2D eigenvalue weighted by molar-refractivity contribution is -0.132. The number of terminal acetylenes is 1. The molecule has 3 heteroatoms. The summed E-state index contributed by atoms with van der Waals surface area (Å²) in [6, 6.07) is 0. The molecular weight excluding hydrogens is 200 g/mol. The topological polar surface area (TPSA) is 41.1 Å². The highest BCUT2D eigenvalue weighted by Gasteiger charge is 2.36. The van der Waals surface area contributed by atoms with Gasteiger partial charge in [0.2, 0.25) is 5.91 Å². The molecule has 0 saturated carbocycles. The van der Waals surface area contributed by atoms with Crippen LogP contribution >= 0.6 is 0 Å². The zero-order chi connectivity index (χ0) is 12.0. The van der Waals surface area contributed by atoms with Crippen LogP contribution in [0.15, 0.2) is 0 Å². The summed E-state index contributed by atoms with van der Waals surface area (Å²) in [6.07, 6.45) is 8.04. The summed E-state index contributed by atoms with van der Waals surface area (Å²) in [6.45, 7) is 6.64. The molecule has 3 nitrogen and oxygen atoms in total. The molecule has 0 bridgehead atoms. The van der Waals surface area contributed by atoms with Gasteiger partial charge in [0, 0.05) is 18.4 Å². The molecule has 0 aliphatic carbocycles. The average Bonchev–Trinajstić information content (AvgIpc) is 2.30. The van der Waals surface area contributed by atoms with Crippen molar-refractivity contribution >= 4 is 5.91 Å². The number of hydrogen-bond donors (Lipinski definition) is 2. The minimum absolute atomic E-state index is 0.122. The predicted molar refractivity (Wildman–Crippen MR) is 65.8 cm³/mol. The summed E-state index contributed by atoms with van der Waals surface area (Å²) in [5.74, 6) is 3.07. The molecule has 1 atom stereocenters. The first-order valence-electron chi connectivity index (χ1n) is 6.01. The molecule has 16 heavy (non-hydrogen) atoms. The largest absolute Gasteiger partial charge is 0.355 e. The highest BCUT2D eigenvalue weighted by atomic mass is 16.2. The monoisotopic (exact) mass is 222 g/mol. The van der Waals surface area contributed by atoms with Gasteiger partial charge in [0.25, 0.3) is 0 Å². The molecule has 1 unspecified atom stereocenters. The summed E-state index contributed by atoms with van der Waals surface area (Å²) in [7, 11) is 0. The third-order valence-electron chi connectivity index (χ3n) is 3.46. The fourth-order valence-electron chi connectivity index (χ4n) is 2.13. The Morgan fingerprint density at radius 1 is 1.62 bits per heavy atom. The van der Waals surface area contributed by atoms with Crippen LogP contribution in [0, 0.1) is 23.7 Å². The van der Waals surface area contributed by atoms with Crippen molar-refractivity contribution in [2.24, 2.45) is 11.3 Å². The third kappa shape index (κ3) is 3.24. The maximum absolute atomic E-state index is 12.0. The quantitative estimate of drug-likeness (QED) is 0.553. The van der Waals surface area contributed by atoms with Gasteiger partial charge >= 0.3 is 0 Å². The molecule has 90 valence electrons. The first-order valence-corrected chi connectivity index (χ1v) is 6.01. The standard InChI is InChI=1S/C13H22N2O/c1-4-5-9-15-12(16)13(2,3)11-7-6-8-14-10-11/h1,11,14H,5-10H2,2-3H3,(H,15,16). The number of hydrogen-bond acceptors (Lipinski definition) is 2. The zero-order valence-electron chi connectivity index (χ0n) is 10.3. The van der Waals surface area contributed by atoms with E-state index in [1.807, 2.05) is 13.8 Å². The third-order valence-corrected chi connectivity index (χ3v) is 3.46. The van der Waals surface area contributed by atoms with Gasteiger partial charge in [0.05, 0.1) is 0 Å². The Balaban J connectivity index is 2.47. The summed E-state index contributed by atoms with van der Waals surface area (Å²) >= 11 is 0. The van der Waals surface area contributed by atoms with Crippen molar-refractivity contribution in [1.82, 2.24) is 10.6 Å². The van der Waals surface area contributed by atoms with Gasteiger partial charge in [0.15, 0.2) is 0 Å². The lowest BCUT2D eigenvalue weighted by Crippen LogP contribution is -2.47. The molecule has 0 aromatic heterocycles. The van der Waals surface area contributed by atoms with Crippen molar-refractivity contribution in [3.8, 4) is 12.3 Å². The highest BCUT2D eigenvalue weighted by molar-refractivity contribution is 5.82. The van der Waals surface area contributed by atoms with Crippen LogP contribution in [0.4, 0.5) is 0 Å². The second kappa shape index (κ2) is 5.91. The van der Waals surface area contributed by atoms with E-state index in [0.29, 0.717) is 18.9 Å². The van der Waals surface area contributed by atoms with Crippen LogP contribution in [-0.4, -0.2) is 25.5 Å². The average molecular weight is 222 g/mol. The molecule has 1 amide bonds. The molecule has 1 saturated heterocycles. The molecule has 0 aromatic rings. The maximum atomic E-state index is 12.0. The van der Waals surface area contributed by atoms with Crippen LogP contribution < -0.4 is 10.6 Å². The summed E-state index contributed by atoms with van der Waals surface area (Å²) < 4.78 is 0. The molecule has 0 radical (unpaired) electrons. The Morgan fingerprint density at radius 2 is 2.38 bits per heavy atom. The van der Waals surface area contributed by atoms with Gasteiger partial charge in [-0.15, -0.1) is 12.3 Å². The second-order valence-corrected chi connectivity index (χ2v) is 4.97. The second-order valence-electron chi connectivity index (χ2n) is 4.97. The lowest BCUT2D eigenvalue weighted by atomic mass is 9.74. The van der Waals surface area contributed by atoms with Gasteiger partial charge < -0.3 is 10.6 Å². The van der Waals surface area contributed by atoms with Crippen molar-refractivity contribution in [2.45, 2.75) is 33.1 Å². The molecule has 0 aromatic carbocycles. The molecule has 1 aliphatic rings. The van der Waals surface area contributed by atoms with Gasteiger partial charge in [-0.2, -0.15) is 0 Å². The summed E-state index contributed by atoms with van der Waals surface area (Å²) in [5.41, 5.74) is -0.304. The molecular formula is C13H22N2O. The van der Waals surface area contributed by atoms with E-state index in [2.05, 4.69) is 16.6 Å². The Morgan fingerprint density at radius 3 is 2.94 bits per heavy atom. The number of amides is 1. The van der Waals surface area contributed by atoms with Gasteiger partial charge in [0.1, 0.15) is 0 Å². The number of nitrogens with one attached hydrogen (secondary N) is 2. The zero-order valence-corrected chi connectivity index (χ0v) is 10.3. The Bertz CT molecular complexity index is 272. The minimum atomic E-state index is -0.304. The van der Waals surface area contributed by atoms with Gasteiger partial charge in [-0.25, -0.2) is 0 Å². The summed E-state index contributed by atoms with van der Waals surface area (Å²) in [5, 5.41) is 6.26. The SMILES string of the molecule is C#CCCNC(=O)C(C)(C)C1CCCNC1. The molecule has 2 N–H and O–H groups in total. The van der Waals surface area contributed by atoms with Gasteiger partial charge in [-0.3, -0.25) is 4.79 Å². The first-order chi connectivity index (χ1) is 7.59.